The molecule has 0 saturated heterocycles. The molecule has 0 bridgehead atoms. The van der Waals surface area contributed by atoms with Gasteiger partial charge in [0.15, 0.2) is 0 Å². The van der Waals surface area contributed by atoms with E-state index in [0.29, 0.717) is 0 Å². The summed E-state index contributed by atoms with van der Waals surface area (Å²) in [4.78, 5) is 9.57. The van der Waals surface area contributed by atoms with E-state index in [1.165, 1.54) is 24.3 Å². The second-order valence-electron chi connectivity index (χ2n) is 3.52. The van der Waals surface area contributed by atoms with Gasteiger partial charge in [-0.1, -0.05) is 18.2 Å². The molecule has 0 atom stereocenters. The summed E-state index contributed by atoms with van der Waals surface area (Å²) in [5.74, 6) is 0.137. The van der Waals surface area contributed by atoms with Gasteiger partial charge in [0.05, 0.1) is 11.0 Å². The van der Waals surface area contributed by atoms with Crippen molar-refractivity contribution in [2.45, 2.75) is 4.90 Å². The summed E-state index contributed by atoms with van der Waals surface area (Å²) in [5, 5.41) is 10.6. The Morgan fingerprint density at radius 1 is 1.16 bits per heavy atom. The van der Waals surface area contributed by atoms with Crippen LogP contribution in [0, 0.1) is 16.2 Å². The van der Waals surface area contributed by atoms with Crippen LogP contribution < -0.4 is 4.18 Å². The summed E-state index contributed by atoms with van der Waals surface area (Å²) in [6.07, 6.45) is 0. The molecule has 0 heterocycles. The molecule has 0 spiro atoms. The molecule has 0 amide bonds. The predicted octanol–water partition coefficient (Wildman–Crippen LogP) is 2.16. The first-order valence-electron chi connectivity index (χ1n) is 5.15. The highest BCUT2D eigenvalue weighted by Crippen LogP contribution is 2.21. The lowest BCUT2D eigenvalue weighted by atomic mass is 10.3. The summed E-state index contributed by atoms with van der Waals surface area (Å²) in [7, 11) is -4.09. The van der Waals surface area contributed by atoms with Crippen LogP contribution in [0.3, 0.4) is 0 Å². The second-order valence-corrected chi connectivity index (χ2v) is 5.06. The Balaban J connectivity index is 2.35. The summed E-state index contributed by atoms with van der Waals surface area (Å²) in [6, 6.07) is 13.5. The van der Waals surface area contributed by atoms with E-state index in [1.54, 1.807) is 18.2 Å². The van der Waals surface area contributed by atoms with Crippen LogP contribution in [0.2, 0.25) is 0 Å². The SMILES string of the molecule is O=[N+]([O-])c1[c]ccc(S(=O)(=O)Oc2ccccc2)c1. The van der Waals surface area contributed by atoms with Crippen LogP contribution in [-0.4, -0.2) is 13.3 Å². The van der Waals surface area contributed by atoms with E-state index in [9.17, 15) is 18.5 Å². The van der Waals surface area contributed by atoms with Crippen molar-refractivity contribution in [2.24, 2.45) is 0 Å². The Bertz CT molecular complexity index is 697. The van der Waals surface area contributed by atoms with Crippen LogP contribution in [0.1, 0.15) is 0 Å². The van der Waals surface area contributed by atoms with Crippen LogP contribution in [-0.2, 0) is 10.1 Å². The fourth-order valence-electron chi connectivity index (χ4n) is 1.35. The quantitative estimate of drug-likeness (QED) is 0.486. The van der Waals surface area contributed by atoms with Crippen LogP contribution in [0.15, 0.2) is 53.4 Å². The predicted molar refractivity (Wildman–Crippen MR) is 66.2 cm³/mol. The van der Waals surface area contributed by atoms with Crippen molar-refractivity contribution in [1.29, 1.82) is 0 Å². The molecule has 0 unspecified atom stereocenters. The van der Waals surface area contributed by atoms with Gasteiger partial charge in [-0.3, -0.25) is 10.1 Å². The zero-order valence-electron chi connectivity index (χ0n) is 9.52. The maximum Gasteiger partial charge on any atom is 0.339 e. The summed E-state index contributed by atoms with van der Waals surface area (Å²) >= 11 is 0. The van der Waals surface area contributed by atoms with Crippen molar-refractivity contribution in [3.63, 3.8) is 0 Å². The molecule has 0 aromatic heterocycles. The standard InChI is InChI=1S/C12H8NO5S/c14-13(15)10-5-4-8-12(9-10)19(16,17)18-11-6-2-1-3-7-11/h1-4,6-9H. The minimum atomic E-state index is -4.09. The molecule has 6 nitrogen and oxygen atoms in total. The number of benzene rings is 2. The van der Waals surface area contributed by atoms with Gasteiger partial charge in [-0.2, -0.15) is 8.42 Å². The Morgan fingerprint density at radius 2 is 1.84 bits per heavy atom. The number of para-hydroxylation sites is 1. The van der Waals surface area contributed by atoms with Crippen LogP contribution in [0.5, 0.6) is 5.75 Å². The van der Waals surface area contributed by atoms with E-state index in [2.05, 4.69) is 6.07 Å². The topological polar surface area (TPSA) is 86.5 Å². The molecule has 97 valence electrons. The summed E-state index contributed by atoms with van der Waals surface area (Å²) in [6.45, 7) is 0. The van der Waals surface area contributed by atoms with E-state index >= 15 is 0 Å². The molecular weight excluding hydrogens is 270 g/mol. The first-order valence-corrected chi connectivity index (χ1v) is 6.55. The number of hydrogen-bond acceptors (Lipinski definition) is 5. The third-order valence-electron chi connectivity index (χ3n) is 2.19. The van der Waals surface area contributed by atoms with Gasteiger partial charge >= 0.3 is 10.1 Å². The molecule has 0 aliphatic heterocycles. The molecule has 2 aromatic carbocycles. The molecule has 1 radical (unpaired) electrons. The Morgan fingerprint density at radius 3 is 2.47 bits per heavy atom. The lowest BCUT2D eigenvalue weighted by Crippen LogP contribution is -2.09. The smallest absolute Gasteiger partial charge is 0.339 e. The van der Waals surface area contributed by atoms with E-state index in [4.69, 9.17) is 4.18 Å². The first kappa shape index (κ1) is 13.0. The van der Waals surface area contributed by atoms with Gasteiger partial charge in [0, 0.05) is 6.07 Å². The van der Waals surface area contributed by atoms with E-state index in [1.807, 2.05) is 0 Å². The van der Waals surface area contributed by atoms with Gasteiger partial charge in [-0.25, -0.2) is 0 Å². The molecule has 2 rings (SSSR count). The third-order valence-corrected chi connectivity index (χ3v) is 3.44. The minimum Gasteiger partial charge on any atom is -0.379 e. The van der Waals surface area contributed by atoms with Crippen molar-refractivity contribution >= 4 is 15.8 Å². The monoisotopic (exact) mass is 278 g/mol. The highest BCUT2D eigenvalue weighted by Gasteiger charge is 2.19. The van der Waals surface area contributed by atoms with E-state index < -0.39 is 20.7 Å². The molecule has 19 heavy (non-hydrogen) atoms. The second kappa shape index (κ2) is 5.07. The van der Waals surface area contributed by atoms with E-state index in [-0.39, 0.29) is 10.6 Å². The van der Waals surface area contributed by atoms with Crippen LogP contribution >= 0.6 is 0 Å². The van der Waals surface area contributed by atoms with Gasteiger partial charge in [-0.15, -0.1) is 0 Å². The molecule has 7 heteroatoms. The Labute approximate surface area is 109 Å². The van der Waals surface area contributed by atoms with Crippen molar-refractivity contribution in [1.82, 2.24) is 0 Å². The van der Waals surface area contributed by atoms with Gasteiger partial charge in [0.2, 0.25) is 0 Å². The van der Waals surface area contributed by atoms with Gasteiger partial charge in [0.25, 0.3) is 5.69 Å². The molecule has 0 fully saturated rings. The number of non-ortho nitro benzene ring substituents is 1. The maximum absolute atomic E-state index is 11.9. The number of nitro groups is 1. The first-order chi connectivity index (χ1) is 8.99. The molecular formula is C12H8NO5S. The zero-order chi connectivity index (χ0) is 13.9. The summed E-state index contributed by atoms with van der Waals surface area (Å²) in [5.41, 5.74) is -0.433. The van der Waals surface area contributed by atoms with Gasteiger partial charge in [-0.05, 0) is 24.3 Å². The Kier molecular flexibility index (Phi) is 3.48. The number of rotatable bonds is 4. The number of nitro benzene ring substituents is 1. The molecule has 0 aliphatic rings. The normalized spacial score (nSPS) is 10.9. The average Bonchev–Trinajstić information content (AvgIpc) is 2.39. The lowest BCUT2D eigenvalue weighted by Gasteiger charge is -2.06. The molecule has 0 N–H and O–H groups in total. The fourth-order valence-corrected chi connectivity index (χ4v) is 2.30. The lowest BCUT2D eigenvalue weighted by molar-refractivity contribution is -0.385. The minimum absolute atomic E-state index is 0.137. The third kappa shape index (κ3) is 3.08. The van der Waals surface area contributed by atoms with Crippen molar-refractivity contribution in [3.05, 3.63) is 64.7 Å². The van der Waals surface area contributed by atoms with Gasteiger partial charge < -0.3 is 4.18 Å². The number of nitrogens with zero attached hydrogens (tertiary/aromatic N) is 1. The maximum atomic E-state index is 11.9. The molecule has 2 aromatic rings. The Hall–Kier alpha value is -2.41. The molecule has 0 aliphatic carbocycles. The van der Waals surface area contributed by atoms with Crippen molar-refractivity contribution in [3.8, 4) is 5.75 Å². The van der Waals surface area contributed by atoms with E-state index in [0.717, 1.165) is 6.07 Å². The molecule has 0 saturated carbocycles. The summed E-state index contributed by atoms with van der Waals surface area (Å²) < 4.78 is 28.7. The van der Waals surface area contributed by atoms with Crippen LogP contribution in [0.4, 0.5) is 5.69 Å². The van der Waals surface area contributed by atoms with Crippen molar-refractivity contribution < 1.29 is 17.5 Å². The highest BCUT2D eigenvalue weighted by atomic mass is 32.2. The fraction of sp³-hybridized carbons (Fsp3) is 0. The van der Waals surface area contributed by atoms with Gasteiger partial charge in [0.1, 0.15) is 10.6 Å². The largest absolute Gasteiger partial charge is 0.379 e. The average molecular weight is 278 g/mol. The van der Waals surface area contributed by atoms with Crippen LogP contribution in [0.25, 0.3) is 0 Å². The zero-order valence-corrected chi connectivity index (χ0v) is 10.3. The van der Waals surface area contributed by atoms with Crippen molar-refractivity contribution in [2.75, 3.05) is 0 Å². The highest BCUT2D eigenvalue weighted by molar-refractivity contribution is 7.87. The number of hydrogen-bond donors (Lipinski definition) is 0.